The molecule has 1 aromatic heterocycles. The Morgan fingerprint density at radius 3 is 2.37 bits per heavy atom. The Bertz CT molecular complexity index is 1000. The molecule has 0 spiro atoms. The van der Waals surface area contributed by atoms with Gasteiger partial charge >= 0.3 is 0 Å². The maximum absolute atomic E-state index is 12.7. The summed E-state index contributed by atoms with van der Waals surface area (Å²) in [4.78, 5) is 14.4. The van der Waals surface area contributed by atoms with Gasteiger partial charge in [-0.25, -0.2) is 0 Å². The highest BCUT2D eigenvalue weighted by molar-refractivity contribution is 7.99. The molecule has 3 aromatic rings. The van der Waals surface area contributed by atoms with Gasteiger partial charge in [0.25, 0.3) is 0 Å². The average Bonchev–Trinajstić information content (AvgIpc) is 3.15. The first-order chi connectivity index (χ1) is 14.6. The summed E-state index contributed by atoms with van der Waals surface area (Å²) in [6.07, 6.45) is 4.11. The van der Waals surface area contributed by atoms with Crippen LogP contribution in [0.1, 0.15) is 17.0 Å². The monoisotopic (exact) mass is 418 g/mol. The van der Waals surface area contributed by atoms with Gasteiger partial charge in [-0.05, 0) is 24.1 Å². The number of aromatic nitrogens is 3. The molecule has 0 N–H and O–H groups in total. The van der Waals surface area contributed by atoms with Crippen molar-refractivity contribution >= 4 is 17.7 Å². The Morgan fingerprint density at radius 2 is 1.70 bits per heavy atom. The van der Waals surface area contributed by atoms with Crippen molar-refractivity contribution in [3.8, 4) is 5.69 Å². The molecular weight excluding hydrogens is 392 g/mol. The number of carbonyl (C=O) groups is 1. The molecule has 0 fully saturated rings. The first-order valence-corrected chi connectivity index (χ1v) is 10.8. The van der Waals surface area contributed by atoms with Crippen molar-refractivity contribution in [3.63, 3.8) is 0 Å². The van der Waals surface area contributed by atoms with Crippen molar-refractivity contribution in [1.29, 1.82) is 0 Å². The second-order valence-electron chi connectivity index (χ2n) is 6.85. The van der Waals surface area contributed by atoms with E-state index in [1.807, 2.05) is 30.3 Å². The normalized spacial score (nSPS) is 10.6. The molecule has 1 amide bonds. The minimum Gasteiger partial charge on any atom is -0.335 e. The summed E-state index contributed by atoms with van der Waals surface area (Å²) >= 11 is 1.40. The van der Waals surface area contributed by atoms with E-state index in [0.717, 1.165) is 22.6 Å². The molecule has 0 bridgehead atoms. The van der Waals surface area contributed by atoms with Gasteiger partial charge in [-0.2, -0.15) is 0 Å². The summed E-state index contributed by atoms with van der Waals surface area (Å²) in [5, 5.41) is 9.59. The lowest BCUT2D eigenvalue weighted by Gasteiger charge is -2.19. The quantitative estimate of drug-likeness (QED) is 0.360. The Labute approximate surface area is 182 Å². The molecular formula is C24H26N4OS. The molecule has 154 valence electrons. The highest BCUT2D eigenvalue weighted by Gasteiger charge is 2.19. The molecule has 0 aliphatic carbocycles. The maximum Gasteiger partial charge on any atom is 0.233 e. The van der Waals surface area contributed by atoms with Gasteiger partial charge in [-0.3, -0.25) is 9.36 Å². The van der Waals surface area contributed by atoms with Crippen LogP contribution < -0.4 is 0 Å². The third kappa shape index (κ3) is 5.27. The fourth-order valence-corrected chi connectivity index (χ4v) is 4.02. The van der Waals surface area contributed by atoms with E-state index in [-0.39, 0.29) is 11.7 Å². The van der Waals surface area contributed by atoms with Crippen LogP contribution >= 0.6 is 11.8 Å². The topological polar surface area (TPSA) is 51.0 Å². The van der Waals surface area contributed by atoms with E-state index >= 15 is 0 Å². The molecule has 0 radical (unpaired) electrons. The number of rotatable bonds is 10. The van der Waals surface area contributed by atoms with Crippen LogP contribution in [0.3, 0.4) is 0 Å². The first kappa shape index (κ1) is 21.6. The Morgan fingerprint density at radius 1 is 1.03 bits per heavy atom. The van der Waals surface area contributed by atoms with Crippen LogP contribution in [0.2, 0.25) is 0 Å². The van der Waals surface area contributed by atoms with Crippen molar-refractivity contribution in [2.45, 2.75) is 18.5 Å². The van der Waals surface area contributed by atoms with Crippen molar-refractivity contribution in [2.24, 2.45) is 0 Å². The SMILES string of the molecule is C=CCN(CC=C)C(=O)CSc1nnc(Cc2ccccc2)n1-c1ccccc1C. The summed E-state index contributed by atoms with van der Waals surface area (Å²) in [5.41, 5.74) is 3.31. The predicted octanol–water partition coefficient (Wildman–Crippen LogP) is 4.46. The zero-order valence-electron chi connectivity index (χ0n) is 17.2. The largest absolute Gasteiger partial charge is 0.335 e. The number of hydrogen-bond donors (Lipinski definition) is 0. The smallest absolute Gasteiger partial charge is 0.233 e. The van der Waals surface area contributed by atoms with Gasteiger partial charge in [0.15, 0.2) is 5.16 Å². The van der Waals surface area contributed by atoms with Crippen molar-refractivity contribution in [3.05, 3.63) is 96.9 Å². The fourth-order valence-electron chi connectivity index (χ4n) is 3.15. The highest BCUT2D eigenvalue weighted by Crippen LogP contribution is 2.25. The summed E-state index contributed by atoms with van der Waals surface area (Å²) in [6, 6.07) is 18.3. The molecule has 0 aliphatic heterocycles. The van der Waals surface area contributed by atoms with E-state index < -0.39 is 0 Å². The van der Waals surface area contributed by atoms with E-state index in [4.69, 9.17) is 0 Å². The van der Waals surface area contributed by atoms with Gasteiger partial charge in [0.2, 0.25) is 5.91 Å². The van der Waals surface area contributed by atoms with E-state index in [1.165, 1.54) is 11.8 Å². The Hall–Kier alpha value is -3.12. The molecule has 0 aliphatic rings. The van der Waals surface area contributed by atoms with Crippen LogP contribution in [0.25, 0.3) is 5.69 Å². The lowest BCUT2D eigenvalue weighted by Crippen LogP contribution is -2.32. The summed E-state index contributed by atoms with van der Waals surface area (Å²) in [6.45, 7) is 10.5. The maximum atomic E-state index is 12.7. The van der Waals surface area contributed by atoms with Gasteiger partial charge in [0.1, 0.15) is 5.82 Å². The lowest BCUT2D eigenvalue weighted by atomic mass is 10.1. The molecule has 30 heavy (non-hydrogen) atoms. The van der Waals surface area contributed by atoms with Crippen LogP contribution in [0.4, 0.5) is 0 Å². The van der Waals surface area contributed by atoms with Crippen molar-refractivity contribution in [1.82, 2.24) is 19.7 Å². The second kappa shape index (κ2) is 10.6. The van der Waals surface area contributed by atoms with Crippen LogP contribution in [0.15, 0.2) is 85.1 Å². The van der Waals surface area contributed by atoms with E-state index in [1.54, 1.807) is 17.1 Å². The minimum atomic E-state index is 0.0174. The molecule has 0 unspecified atom stereocenters. The van der Waals surface area contributed by atoms with Gasteiger partial charge in [-0.1, -0.05) is 72.4 Å². The third-order valence-electron chi connectivity index (χ3n) is 4.64. The number of nitrogens with zero attached hydrogens (tertiary/aromatic N) is 4. The minimum absolute atomic E-state index is 0.0174. The number of amides is 1. The Kier molecular flexibility index (Phi) is 7.63. The van der Waals surface area contributed by atoms with E-state index in [2.05, 4.69) is 59.1 Å². The third-order valence-corrected chi connectivity index (χ3v) is 5.55. The second-order valence-corrected chi connectivity index (χ2v) is 7.79. The molecule has 0 saturated heterocycles. The number of benzene rings is 2. The van der Waals surface area contributed by atoms with Gasteiger partial charge in [-0.15, -0.1) is 23.4 Å². The first-order valence-electron chi connectivity index (χ1n) is 9.80. The van der Waals surface area contributed by atoms with E-state index in [9.17, 15) is 4.79 Å². The molecule has 0 saturated carbocycles. The molecule has 3 rings (SSSR count). The summed E-state index contributed by atoms with van der Waals surface area (Å²) in [5.74, 6) is 1.14. The highest BCUT2D eigenvalue weighted by atomic mass is 32.2. The summed E-state index contributed by atoms with van der Waals surface area (Å²) in [7, 11) is 0. The average molecular weight is 419 g/mol. The number of aryl methyl sites for hydroxylation is 1. The molecule has 0 atom stereocenters. The zero-order chi connectivity index (χ0) is 21.3. The van der Waals surface area contributed by atoms with Crippen LogP contribution in [0, 0.1) is 6.92 Å². The number of carbonyl (C=O) groups excluding carboxylic acids is 1. The zero-order valence-corrected chi connectivity index (χ0v) is 18.0. The van der Waals surface area contributed by atoms with E-state index in [0.29, 0.717) is 24.7 Å². The number of para-hydroxylation sites is 1. The van der Waals surface area contributed by atoms with Crippen molar-refractivity contribution < 1.29 is 4.79 Å². The van der Waals surface area contributed by atoms with Crippen molar-refractivity contribution in [2.75, 3.05) is 18.8 Å². The number of hydrogen-bond acceptors (Lipinski definition) is 4. The van der Waals surface area contributed by atoms with Crippen LogP contribution in [0.5, 0.6) is 0 Å². The van der Waals surface area contributed by atoms with Gasteiger partial charge < -0.3 is 4.90 Å². The lowest BCUT2D eigenvalue weighted by molar-refractivity contribution is -0.127. The molecule has 5 nitrogen and oxygen atoms in total. The fraction of sp³-hybridized carbons (Fsp3) is 0.208. The predicted molar refractivity (Wildman–Crippen MR) is 123 cm³/mol. The van der Waals surface area contributed by atoms with Crippen LogP contribution in [-0.4, -0.2) is 44.4 Å². The van der Waals surface area contributed by atoms with Crippen LogP contribution in [-0.2, 0) is 11.2 Å². The Balaban J connectivity index is 1.89. The summed E-state index contributed by atoms with van der Waals surface area (Å²) < 4.78 is 2.06. The molecule has 6 heteroatoms. The molecule has 2 aromatic carbocycles. The standard InChI is InChI=1S/C24H26N4OS/c1-4-15-27(16-5-2)23(29)18-30-24-26-25-22(17-20-12-7-6-8-13-20)28(24)21-14-10-9-11-19(21)3/h4-14H,1-2,15-18H2,3H3. The van der Waals surface area contributed by atoms with Gasteiger partial charge in [0.05, 0.1) is 11.4 Å². The van der Waals surface area contributed by atoms with Gasteiger partial charge in [0, 0.05) is 19.5 Å². The number of thioether (sulfide) groups is 1. The molecule has 1 heterocycles.